The van der Waals surface area contributed by atoms with Crippen molar-refractivity contribution in [2.45, 2.75) is 0 Å². The predicted molar refractivity (Wildman–Crippen MR) is 47.4 cm³/mol. The minimum absolute atomic E-state index is 0.440. The lowest BCUT2D eigenvalue weighted by Gasteiger charge is -2.10. The molecule has 1 aliphatic heterocycles. The summed E-state index contributed by atoms with van der Waals surface area (Å²) in [5.41, 5.74) is 1.22. The third kappa shape index (κ3) is 1.51. The van der Waals surface area contributed by atoms with E-state index in [9.17, 15) is 4.79 Å². The van der Waals surface area contributed by atoms with Gasteiger partial charge in [0.2, 0.25) is 0 Å². The van der Waals surface area contributed by atoms with Crippen molar-refractivity contribution in [3.8, 4) is 5.75 Å². The molecule has 1 aliphatic rings. The highest BCUT2D eigenvalue weighted by atomic mass is 35.5. The van der Waals surface area contributed by atoms with Gasteiger partial charge in [-0.2, -0.15) is 0 Å². The van der Waals surface area contributed by atoms with Crippen molar-refractivity contribution in [3.63, 3.8) is 0 Å². The summed E-state index contributed by atoms with van der Waals surface area (Å²) in [6.07, 6.45) is 3.09. The zero-order valence-corrected chi connectivity index (χ0v) is 7.25. The van der Waals surface area contributed by atoms with Crippen LogP contribution >= 0.6 is 11.6 Å². The van der Waals surface area contributed by atoms with Crippen LogP contribution in [-0.4, -0.2) is 5.24 Å². The molecule has 4 heteroatoms. The third-order valence-electron chi connectivity index (χ3n) is 1.68. The van der Waals surface area contributed by atoms with Gasteiger partial charge in [0.15, 0.2) is 5.75 Å². The smallest absolute Gasteiger partial charge is 0.252 e. The minimum atomic E-state index is -0.484. The summed E-state index contributed by atoms with van der Waals surface area (Å²) in [7, 11) is 0. The lowest BCUT2D eigenvalue weighted by Crippen LogP contribution is -1.99. The number of carbonyl (C=O) groups excluding carboxylic acids is 1. The van der Waals surface area contributed by atoms with Crippen LogP contribution in [0.5, 0.6) is 5.75 Å². The molecule has 3 nitrogen and oxygen atoms in total. The molecular formula is C9H5ClO3. The van der Waals surface area contributed by atoms with Gasteiger partial charge in [-0.3, -0.25) is 14.6 Å². The molecule has 0 amide bonds. The second-order valence-electron chi connectivity index (χ2n) is 2.51. The molecule has 13 heavy (non-hydrogen) atoms. The van der Waals surface area contributed by atoms with Crippen LogP contribution in [0.25, 0.3) is 6.08 Å². The first-order chi connectivity index (χ1) is 6.27. The molecule has 1 heterocycles. The number of hydrogen-bond donors (Lipinski definition) is 0. The molecule has 0 atom stereocenters. The van der Waals surface area contributed by atoms with Crippen LogP contribution in [0.15, 0.2) is 24.5 Å². The van der Waals surface area contributed by atoms with Gasteiger partial charge >= 0.3 is 0 Å². The van der Waals surface area contributed by atoms with E-state index >= 15 is 0 Å². The molecule has 66 valence electrons. The van der Waals surface area contributed by atoms with E-state index in [-0.39, 0.29) is 0 Å². The maximum atomic E-state index is 10.8. The fourth-order valence-electron chi connectivity index (χ4n) is 1.06. The molecule has 0 aromatic heterocycles. The van der Waals surface area contributed by atoms with Crippen molar-refractivity contribution in [1.82, 2.24) is 0 Å². The summed E-state index contributed by atoms with van der Waals surface area (Å²) in [6, 6.07) is 4.86. The summed E-state index contributed by atoms with van der Waals surface area (Å²) in [6.45, 7) is 0. The largest absolute Gasteiger partial charge is 0.298 e. The van der Waals surface area contributed by atoms with Crippen LogP contribution in [0.4, 0.5) is 0 Å². The van der Waals surface area contributed by atoms with Gasteiger partial charge < -0.3 is 0 Å². The Bertz CT molecular complexity index is 384. The highest BCUT2D eigenvalue weighted by Crippen LogP contribution is 2.25. The van der Waals surface area contributed by atoms with Crippen LogP contribution in [0.3, 0.4) is 0 Å². The Morgan fingerprint density at radius 3 is 3.00 bits per heavy atom. The molecular weight excluding hydrogens is 192 g/mol. The molecule has 0 fully saturated rings. The van der Waals surface area contributed by atoms with Crippen molar-refractivity contribution in [1.29, 1.82) is 0 Å². The Morgan fingerprint density at radius 2 is 2.23 bits per heavy atom. The molecule has 0 aliphatic carbocycles. The average molecular weight is 197 g/mol. The van der Waals surface area contributed by atoms with E-state index < -0.39 is 5.24 Å². The van der Waals surface area contributed by atoms with Crippen molar-refractivity contribution in [2.75, 3.05) is 0 Å². The highest BCUT2D eigenvalue weighted by molar-refractivity contribution is 6.67. The Balaban J connectivity index is 2.48. The Hall–Kier alpha value is -1.48. The summed E-state index contributed by atoms with van der Waals surface area (Å²) in [4.78, 5) is 20.2. The van der Waals surface area contributed by atoms with Gasteiger partial charge in [-0.1, -0.05) is 0 Å². The van der Waals surface area contributed by atoms with E-state index in [2.05, 4.69) is 4.89 Å². The first-order valence-electron chi connectivity index (χ1n) is 3.61. The number of hydrogen-bond acceptors (Lipinski definition) is 3. The first kappa shape index (κ1) is 8.13. The van der Waals surface area contributed by atoms with E-state index in [4.69, 9.17) is 16.5 Å². The Kier molecular flexibility index (Phi) is 1.94. The van der Waals surface area contributed by atoms with E-state index in [0.29, 0.717) is 11.3 Å². The number of fused-ring (bicyclic) bond motifs is 1. The normalized spacial score (nSPS) is 12.7. The minimum Gasteiger partial charge on any atom is -0.298 e. The quantitative estimate of drug-likeness (QED) is 0.511. The number of benzene rings is 1. The molecule has 0 unspecified atom stereocenters. The van der Waals surface area contributed by atoms with E-state index in [1.807, 2.05) is 0 Å². The standard InChI is InChI=1S/C9H5ClO3/c10-9(11)7-1-2-8-6(5-7)3-4-12-13-8/h1-5H. The monoisotopic (exact) mass is 196 g/mol. The Morgan fingerprint density at radius 1 is 1.38 bits per heavy atom. The SMILES string of the molecule is O=C(Cl)c1ccc2c(c1)C=COO2. The average Bonchev–Trinajstić information content (AvgIpc) is 2.17. The molecule has 0 spiro atoms. The van der Waals surface area contributed by atoms with E-state index in [1.54, 1.807) is 24.3 Å². The molecule has 0 radical (unpaired) electrons. The van der Waals surface area contributed by atoms with Gasteiger partial charge in [0.1, 0.15) is 6.26 Å². The molecule has 0 bridgehead atoms. The molecule has 0 saturated heterocycles. The van der Waals surface area contributed by atoms with Gasteiger partial charge in [-0.05, 0) is 35.9 Å². The summed E-state index contributed by atoms with van der Waals surface area (Å²) in [5.74, 6) is 0.573. The Labute approximate surface area is 79.5 Å². The second-order valence-corrected chi connectivity index (χ2v) is 2.85. The fourth-order valence-corrected chi connectivity index (χ4v) is 1.18. The van der Waals surface area contributed by atoms with Crippen LogP contribution in [0.1, 0.15) is 15.9 Å². The predicted octanol–water partition coefficient (Wildman–Crippen LogP) is 2.36. The highest BCUT2D eigenvalue weighted by Gasteiger charge is 2.10. The zero-order chi connectivity index (χ0) is 9.26. The second kappa shape index (κ2) is 3.11. The topological polar surface area (TPSA) is 35.5 Å². The first-order valence-corrected chi connectivity index (χ1v) is 3.99. The summed E-state index contributed by atoms with van der Waals surface area (Å²) >= 11 is 5.31. The molecule has 2 rings (SSSR count). The van der Waals surface area contributed by atoms with E-state index in [0.717, 1.165) is 5.56 Å². The summed E-state index contributed by atoms with van der Waals surface area (Å²) in [5, 5.41) is -0.484. The molecule has 0 N–H and O–H groups in total. The summed E-state index contributed by atoms with van der Waals surface area (Å²) < 4.78 is 0. The maximum Gasteiger partial charge on any atom is 0.252 e. The number of halogens is 1. The van der Waals surface area contributed by atoms with Crippen molar-refractivity contribution in [2.24, 2.45) is 0 Å². The molecule has 1 aromatic rings. The van der Waals surface area contributed by atoms with Gasteiger partial charge in [0.05, 0.1) is 0 Å². The lowest BCUT2D eigenvalue weighted by molar-refractivity contribution is -0.151. The number of rotatable bonds is 1. The van der Waals surface area contributed by atoms with Crippen LogP contribution in [-0.2, 0) is 4.89 Å². The van der Waals surface area contributed by atoms with Crippen molar-refractivity contribution in [3.05, 3.63) is 35.6 Å². The van der Waals surface area contributed by atoms with Crippen LogP contribution in [0.2, 0.25) is 0 Å². The van der Waals surface area contributed by atoms with Crippen LogP contribution < -0.4 is 4.89 Å². The van der Waals surface area contributed by atoms with Gasteiger partial charge in [-0.25, -0.2) is 0 Å². The number of carbonyl (C=O) groups is 1. The van der Waals surface area contributed by atoms with Gasteiger partial charge in [-0.15, -0.1) is 0 Å². The van der Waals surface area contributed by atoms with Gasteiger partial charge in [0.25, 0.3) is 5.24 Å². The van der Waals surface area contributed by atoms with Crippen molar-refractivity contribution < 1.29 is 14.6 Å². The van der Waals surface area contributed by atoms with E-state index in [1.165, 1.54) is 6.26 Å². The molecule has 0 saturated carbocycles. The maximum absolute atomic E-state index is 10.8. The van der Waals surface area contributed by atoms with Gasteiger partial charge in [0, 0.05) is 11.1 Å². The zero-order valence-electron chi connectivity index (χ0n) is 6.49. The van der Waals surface area contributed by atoms with Crippen molar-refractivity contribution >= 4 is 22.9 Å². The lowest BCUT2D eigenvalue weighted by atomic mass is 10.1. The van der Waals surface area contributed by atoms with Crippen LogP contribution in [0, 0.1) is 0 Å². The fraction of sp³-hybridized carbons (Fsp3) is 0. The third-order valence-corrected chi connectivity index (χ3v) is 1.90. The molecule has 1 aromatic carbocycles.